The van der Waals surface area contributed by atoms with Gasteiger partial charge in [0, 0.05) is 4.90 Å². The number of fused-ring (bicyclic) bond motifs is 1. The fourth-order valence-corrected chi connectivity index (χ4v) is 2.58. The van der Waals surface area contributed by atoms with Crippen molar-refractivity contribution in [1.29, 1.82) is 0 Å². The first-order valence-corrected chi connectivity index (χ1v) is 6.80. The molecule has 0 saturated carbocycles. The number of benzene rings is 2. The number of thioether (sulfide) groups is 1. The van der Waals surface area contributed by atoms with Gasteiger partial charge in [0.05, 0.1) is 0 Å². The van der Waals surface area contributed by atoms with Gasteiger partial charge in [-0.1, -0.05) is 30.3 Å². The summed E-state index contributed by atoms with van der Waals surface area (Å²) < 4.78 is 11.2. The summed E-state index contributed by atoms with van der Waals surface area (Å²) in [4.78, 5) is 13.0. The van der Waals surface area contributed by atoms with Crippen LogP contribution in [0.1, 0.15) is 0 Å². The Bertz CT molecular complexity index is 583. The van der Waals surface area contributed by atoms with Gasteiger partial charge in [-0.05, 0) is 36.0 Å². The van der Waals surface area contributed by atoms with Gasteiger partial charge >= 0.3 is 0 Å². The van der Waals surface area contributed by atoms with E-state index in [0.29, 0.717) is 11.5 Å². The molecule has 0 amide bonds. The number of para-hydroxylation sites is 2. The van der Waals surface area contributed by atoms with Crippen molar-refractivity contribution in [3.8, 4) is 11.5 Å². The van der Waals surface area contributed by atoms with E-state index in [4.69, 9.17) is 9.47 Å². The van der Waals surface area contributed by atoms with Crippen LogP contribution in [0.2, 0.25) is 0 Å². The van der Waals surface area contributed by atoms with Crippen LogP contribution in [0, 0.1) is 0 Å². The number of hydrogen-bond donors (Lipinski definition) is 0. The maximum Gasteiger partial charge on any atom is 0.237 e. The van der Waals surface area contributed by atoms with E-state index in [0.717, 1.165) is 4.90 Å². The Labute approximate surface area is 115 Å². The monoisotopic (exact) mass is 272 g/mol. The lowest BCUT2D eigenvalue weighted by atomic mass is 10.3. The van der Waals surface area contributed by atoms with Gasteiger partial charge < -0.3 is 9.47 Å². The van der Waals surface area contributed by atoms with Crippen LogP contribution in [0.25, 0.3) is 0 Å². The summed E-state index contributed by atoms with van der Waals surface area (Å²) in [6.07, 6.45) is -0.555. The zero-order valence-corrected chi connectivity index (χ0v) is 10.9. The highest BCUT2D eigenvalue weighted by Crippen LogP contribution is 2.32. The number of carbonyl (C=O) groups is 1. The van der Waals surface area contributed by atoms with Gasteiger partial charge in [-0.25, -0.2) is 0 Å². The van der Waals surface area contributed by atoms with Crippen LogP contribution in [0.3, 0.4) is 0 Å². The highest BCUT2D eigenvalue weighted by atomic mass is 32.2. The number of ether oxygens (including phenoxy) is 2. The number of carbonyl (C=O) groups excluding carboxylic acids is 1. The van der Waals surface area contributed by atoms with Crippen molar-refractivity contribution in [2.24, 2.45) is 0 Å². The fraction of sp³-hybridized carbons (Fsp3) is 0.133. The third kappa shape index (κ3) is 2.74. The van der Waals surface area contributed by atoms with E-state index in [1.807, 2.05) is 54.6 Å². The molecule has 0 spiro atoms. The van der Waals surface area contributed by atoms with Crippen LogP contribution in [0.4, 0.5) is 0 Å². The number of rotatable bonds is 2. The molecule has 0 saturated heterocycles. The summed E-state index contributed by atoms with van der Waals surface area (Å²) in [6, 6.07) is 16.9. The molecule has 4 heteroatoms. The molecule has 0 N–H and O–H groups in total. The van der Waals surface area contributed by atoms with Crippen molar-refractivity contribution >= 4 is 16.9 Å². The van der Waals surface area contributed by atoms with E-state index in [-0.39, 0.29) is 11.7 Å². The van der Waals surface area contributed by atoms with Gasteiger partial charge in [0.1, 0.15) is 6.61 Å². The maximum absolute atomic E-state index is 12.1. The summed E-state index contributed by atoms with van der Waals surface area (Å²) in [5.41, 5.74) is 0. The molecule has 0 unspecified atom stereocenters. The smallest absolute Gasteiger partial charge is 0.237 e. The molecule has 0 radical (unpaired) electrons. The van der Waals surface area contributed by atoms with Gasteiger partial charge in [-0.3, -0.25) is 4.79 Å². The first-order valence-electron chi connectivity index (χ1n) is 5.98. The average Bonchev–Trinajstić information content (AvgIpc) is 2.48. The molecule has 1 aliphatic rings. The van der Waals surface area contributed by atoms with E-state index in [9.17, 15) is 4.79 Å². The van der Waals surface area contributed by atoms with Crippen LogP contribution in [-0.4, -0.2) is 17.8 Å². The van der Waals surface area contributed by atoms with Crippen molar-refractivity contribution < 1.29 is 14.3 Å². The minimum absolute atomic E-state index is 0.0410. The Balaban J connectivity index is 1.70. The van der Waals surface area contributed by atoms with Crippen molar-refractivity contribution in [1.82, 2.24) is 0 Å². The third-order valence-corrected chi connectivity index (χ3v) is 3.71. The van der Waals surface area contributed by atoms with Crippen LogP contribution in [0.5, 0.6) is 11.5 Å². The van der Waals surface area contributed by atoms with Crippen LogP contribution in [-0.2, 0) is 4.79 Å². The lowest BCUT2D eigenvalue weighted by molar-refractivity contribution is -0.119. The lowest BCUT2D eigenvalue weighted by Crippen LogP contribution is -2.34. The molecule has 19 heavy (non-hydrogen) atoms. The normalized spacial score (nSPS) is 16.9. The minimum Gasteiger partial charge on any atom is -0.485 e. The molecule has 3 nitrogen and oxygen atoms in total. The van der Waals surface area contributed by atoms with Crippen molar-refractivity contribution in [3.63, 3.8) is 0 Å². The summed E-state index contributed by atoms with van der Waals surface area (Å²) in [5.74, 6) is 1.32. The Hall–Kier alpha value is -1.94. The first-order chi connectivity index (χ1) is 9.33. The van der Waals surface area contributed by atoms with E-state index in [1.54, 1.807) is 0 Å². The Morgan fingerprint density at radius 1 is 1.00 bits per heavy atom. The largest absolute Gasteiger partial charge is 0.485 e. The second kappa shape index (κ2) is 5.36. The summed E-state index contributed by atoms with van der Waals surface area (Å²) >= 11 is 1.18. The summed E-state index contributed by atoms with van der Waals surface area (Å²) in [7, 11) is 0. The molecular formula is C15H12O3S. The van der Waals surface area contributed by atoms with E-state index < -0.39 is 6.10 Å². The van der Waals surface area contributed by atoms with E-state index in [1.165, 1.54) is 11.8 Å². The summed E-state index contributed by atoms with van der Waals surface area (Å²) in [5, 5.41) is -0.0410. The molecule has 3 rings (SSSR count). The first kappa shape index (κ1) is 12.1. The molecule has 0 aromatic heterocycles. The standard InChI is InChI=1S/C15H12O3S/c16-15(19-11-6-2-1-3-7-11)14-10-17-12-8-4-5-9-13(12)18-14/h1-9,14H,10H2/t14-/m0/s1. The Morgan fingerprint density at radius 2 is 1.68 bits per heavy atom. The third-order valence-electron chi connectivity index (χ3n) is 2.73. The maximum atomic E-state index is 12.1. The van der Waals surface area contributed by atoms with Gasteiger partial charge in [-0.2, -0.15) is 0 Å². The molecule has 2 aromatic rings. The van der Waals surface area contributed by atoms with E-state index in [2.05, 4.69) is 0 Å². The second-order valence-electron chi connectivity index (χ2n) is 4.10. The molecule has 96 valence electrons. The zero-order chi connectivity index (χ0) is 13.1. The van der Waals surface area contributed by atoms with Gasteiger partial charge in [0.2, 0.25) is 11.2 Å². The lowest BCUT2D eigenvalue weighted by Gasteiger charge is -2.25. The predicted octanol–water partition coefficient (Wildman–Crippen LogP) is 3.15. The Morgan fingerprint density at radius 3 is 2.47 bits per heavy atom. The highest BCUT2D eigenvalue weighted by Gasteiger charge is 2.27. The molecule has 1 heterocycles. The molecule has 0 bridgehead atoms. The Kier molecular flexibility index (Phi) is 3.42. The van der Waals surface area contributed by atoms with Crippen LogP contribution >= 0.6 is 11.8 Å². The molecular weight excluding hydrogens is 260 g/mol. The molecule has 0 aliphatic carbocycles. The van der Waals surface area contributed by atoms with Crippen LogP contribution in [0.15, 0.2) is 59.5 Å². The molecule has 0 fully saturated rings. The minimum atomic E-state index is -0.555. The van der Waals surface area contributed by atoms with Gasteiger partial charge in [0.15, 0.2) is 11.5 Å². The molecule has 1 aliphatic heterocycles. The molecule has 2 aromatic carbocycles. The topological polar surface area (TPSA) is 35.5 Å². The predicted molar refractivity (Wildman–Crippen MR) is 73.7 cm³/mol. The highest BCUT2D eigenvalue weighted by molar-refractivity contribution is 8.13. The fourth-order valence-electron chi connectivity index (χ4n) is 1.81. The SMILES string of the molecule is O=C(Sc1ccccc1)[C@@H]1COc2ccccc2O1. The summed E-state index contributed by atoms with van der Waals surface area (Å²) in [6.45, 7) is 0.260. The van der Waals surface area contributed by atoms with Crippen molar-refractivity contribution in [2.75, 3.05) is 6.61 Å². The number of hydrogen-bond acceptors (Lipinski definition) is 4. The van der Waals surface area contributed by atoms with Crippen molar-refractivity contribution in [3.05, 3.63) is 54.6 Å². The quantitative estimate of drug-likeness (QED) is 0.787. The average molecular weight is 272 g/mol. The second-order valence-corrected chi connectivity index (χ2v) is 5.18. The molecule has 1 atom stereocenters. The zero-order valence-electron chi connectivity index (χ0n) is 10.1. The van der Waals surface area contributed by atoms with Gasteiger partial charge in [-0.15, -0.1) is 0 Å². The van der Waals surface area contributed by atoms with Gasteiger partial charge in [0.25, 0.3) is 0 Å². The van der Waals surface area contributed by atoms with Crippen molar-refractivity contribution in [2.45, 2.75) is 11.0 Å². The van der Waals surface area contributed by atoms with Crippen LogP contribution < -0.4 is 9.47 Å². The van der Waals surface area contributed by atoms with E-state index >= 15 is 0 Å².